The van der Waals surface area contributed by atoms with Gasteiger partial charge in [-0.3, -0.25) is 9.80 Å². The zero-order valence-electron chi connectivity index (χ0n) is 11.4. The van der Waals surface area contributed by atoms with Gasteiger partial charge in [0.1, 0.15) is 0 Å². The van der Waals surface area contributed by atoms with Gasteiger partial charge in [0.05, 0.1) is 19.3 Å². The predicted molar refractivity (Wildman–Crippen MR) is 72.7 cm³/mol. The minimum absolute atomic E-state index is 0.261. The molecule has 1 heterocycles. The number of morpholine rings is 1. The van der Waals surface area contributed by atoms with E-state index in [0.717, 1.165) is 39.4 Å². The van der Waals surface area contributed by atoms with E-state index in [0.29, 0.717) is 6.04 Å². The van der Waals surface area contributed by atoms with Gasteiger partial charge in [-0.1, -0.05) is 12.2 Å². The highest BCUT2D eigenvalue weighted by atomic mass is 16.5. The van der Waals surface area contributed by atoms with E-state index in [-0.39, 0.29) is 6.10 Å². The fraction of sp³-hybridized carbons (Fsp3) is 0.857. The summed E-state index contributed by atoms with van der Waals surface area (Å²) in [7, 11) is 2.11. The lowest BCUT2D eigenvalue weighted by molar-refractivity contribution is 0.00678. The van der Waals surface area contributed by atoms with Gasteiger partial charge in [-0.2, -0.15) is 0 Å². The van der Waals surface area contributed by atoms with Crippen molar-refractivity contribution in [1.82, 2.24) is 9.80 Å². The Bertz CT molecular complexity index is 265. The number of allylic oxidation sites excluding steroid dienone is 1. The fourth-order valence-corrected chi connectivity index (χ4v) is 2.77. The minimum Gasteiger partial charge on any atom is -0.390 e. The number of aliphatic hydroxyl groups is 1. The summed E-state index contributed by atoms with van der Waals surface area (Å²) in [5, 5.41) is 10.2. The van der Waals surface area contributed by atoms with E-state index in [1.165, 1.54) is 19.3 Å². The van der Waals surface area contributed by atoms with Crippen molar-refractivity contribution in [3.8, 4) is 0 Å². The van der Waals surface area contributed by atoms with Gasteiger partial charge in [-0.25, -0.2) is 0 Å². The van der Waals surface area contributed by atoms with E-state index in [9.17, 15) is 5.11 Å². The number of nitrogens with zero attached hydrogens (tertiary/aromatic N) is 2. The van der Waals surface area contributed by atoms with E-state index >= 15 is 0 Å². The Kier molecular flexibility index (Phi) is 5.63. The van der Waals surface area contributed by atoms with Gasteiger partial charge in [0, 0.05) is 32.2 Å². The molecule has 0 amide bonds. The summed E-state index contributed by atoms with van der Waals surface area (Å²) >= 11 is 0. The molecule has 104 valence electrons. The van der Waals surface area contributed by atoms with Crippen LogP contribution in [0, 0.1) is 0 Å². The quantitative estimate of drug-likeness (QED) is 0.733. The first kappa shape index (κ1) is 14.0. The molecule has 1 saturated heterocycles. The van der Waals surface area contributed by atoms with Crippen molar-refractivity contribution in [2.24, 2.45) is 0 Å². The Morgan fingerprint density at radius 3 is 2.89 bits per heavy atom. The molecule has 1 fully saturated rings. The number of aliphatic hydroxyl groups excluding tert-OH is 1. The van der Waals surface area contributed by atoms with Crippen LogP contribution in [0.15, 0.2) is 12.2 Å². The molecule has 0 saturated carbocycles. The molecule has 1 aliphatic carbocycles. The van der Waals surface area contributed by atoms with Crippen molar-refractivity contribution in [1.29, 1.82) is 0 Å². The van der Waals surface area contributed by atoms with Crippen molar-refractivity contribution < 1.29 is 9.84 Å². The maximum Gasteiger partial charge on any atom is 0.0793 e. The van der Waals surface area contributed by atoms with Crippen molar-refractivity contribution in [2.45, 2.75) is 31.4 Å². The fourth-order valence-electron chi connectivity index (χ4n) is 2.77. The van der Waals surface area contributed by atoms with Crippen molar-refractivity contribution in [2.75, 3.05) is 46.4 Å². The maximum atomic E-state index is 10.2. The molecular formula is C14H26N2O2. The summed E-state index contributed by atoms with van der Waals surface area (Å²) < 4.78 is 5.31. The van der Waals surface area contributed by atoms with Crippen LogP contribution in [0.4, 0.5) is 0 Å². The first-order valence-corrected chi connectivity index (χ1v) is 7.11. The molecule has 2 atom stereocenters. The lowest BCUT2D eigenvalue weighted by Gasteiger charge is -2.32. The van der Waals surface area contributed by atoms with Gasteiger partial charge in [0.15, 0.2) is 0 Å². The molecule has 2 rings (SSSR count). The lowest BCUT2D eigenvalue weighted by Crippen LogP contribution is -2.45. The van der Waals surface area contributed by atoms with Gasteiger partial charge in [-0.15, -0.1) is 0 Å². The topological polar surface area (TPSA) is 35.9 Å². The molecule has 0 radical (unpaired) electrons. The number of hydrogen-bond donors (Lipinski definition) is 1. The molecule has 0 aromatic carbocycles. The molecule has 1 aliphatic heterocycles. The minimum atomic E-state index is -0.261. The molecule has 0 aromatic rings. The normalized spacial score (nSPS) is 27.6. The molecule has 0 spiro atoms. The van der Waals surface area contributed by atoms with Crippen molar-refractivity contribution >= 4 is 0 Å². The van der Waals surface area contributed by atoms with Gasteiger partial charge in [0.25, 0.3) is 0 Å². The SMILES string of the molecule is CN(C[C@@H](O)CN1CCOCC1)[C@H]1C=CCCC1. The molecule has 1 N–H and O–H groups in total. The van der Waals surface area contributed by atoms with Crippen LogP contribution in [0.2, 0.25) is 0 Å². The number of hydrogen-bond acceptors (Lipinski definition) is 4. The second-order valence-electron chi connectivity index (χ2n) is 5.43. The summed E-state index contributed by atoms with van der Waals surface area (Å²) in [6.45, 7) is 5.02. The zero-order valence-corrected chi connectivity index (χ0v) is 11.4. The monoisotopic (exact) mass is 254 g/mol. The van der Waals surface area contributed by atoms with Crippen LogP contribution in [-0.2, 0) is 4.74 Å². The summed E-state index contributed by atoms with van der Waals surface area (Å²) in [6, 6.07) is 0.512. The standard InChI is InChI=1S/C14H26N2O2/c1-15(13-5-3-2-4-6-13)11-14(17)12-16-7-9-18-10-8-16/h3,5,13-14,17H,2,4,6-12H2,1H3/t13-,14+/m0/s1. The Morgan fingerprint density at radius 1 is 1.44 bits per heavy atom. The first-order chi connectivity index (χ1) is 8.75. The third kappa shape index (κ3) is 4.35. The molecule has 18 heavy (non-hydrogen) atoms. The number of ether oxygens (including phenoxy) is 1. The smallest absolute Gasteiger partial charge is 0.0793 e. The second kappa shape index (κ2) is 7.24. The molecule has 2 aliphatic rings. The van der Waals surface area contributed by atoms with E-state index in [1.807, 2.05) is 0 Å². The molecule has 0 bridgehead atoms. The Morgan fingerprint density at radius 2 is 2.22 bits per heavy atom. The van der Waals surface area contributed by atoms with Crippen LogP contribution in [0.1, 0.15) is 19.3 Å². The summed E-state index contributed by atoms with van der Waals surface area (Å²) in [5.41, 5.74) is 0. The first-order valence-electron chi connectivity index (χ1n) is 7.11. The van der Waals surface area contributed by atoms with Crippen LogP contribution < -0.4 is 0 Å². The van der Waals surface area contributed by atoms with E-state index in [2.05, 4.69) is 29.0 Å². The number of likely N-dealkylation sites (N-methyl/N-ethyl adjacent to an activating group) is 1. The molecule has 4 heteroatoms. The summed E-state index contributed by atoms with van der Waals surface area (Å²) in [6.07, 6.45) is 7.98. The molecule has 0 aromatic heterocycles. The van der Waals surface area contributed by atoms with Gasteiger partial charge < -0.3 is 9.84 Å². The largest absolute Gasteiger partial charge is 0.390 e. The van der Waals surface area contributed by atoms with Crippen molar-refractivity contribution in [3.05, 3.63) is 12.2 Å². The van der Waals surface area contributed by atoms with E-state index in [4.69, 9.17) is 4.74 Å². The predicted octanol–water partition coefficient (Wildman–Crippen LogP) is 0.720. The average Bonchev–Trinajstić information content (AvgIpc) is 2.40. The van der Waals surface area contributed by atoms with Gasteiger partial charge in [0.2, 0.25) is 0 Å². The second-order valence-corrected chi connectivity index (χ2v) is 5.43. The highest BCUT2D eigenvalue weighted by Crippen LogP contribution is 2.15. The third-order valence-electron chi connectivity index (χ3n) is 3.87. The summed E-state index contributed by atoms with van der Waals surface area (Å²) in [5.74, 6) is 0. The number of rotatable bonds is 5. The Balaban J connectivity index is 1.70. The Labute approximate surface area is 110 Å². The van der Waals surface area contributed by atoms with Crippen molar-refractivity contribution in [3.63, 3.8) is 0 Å². The van der Waals surface area contributed by atoms with Gasteiger partial charge in [-0.05, 0) is 26.3 Å². The molecule has 4 nitrogen and oxygen atoms in total. The van der Waals surface area contributed by atoms with Crippen LogP contribution >= 0.6 is 0 Å². The maximum absolute atomic E-state index is 10.2. The van der Waals surface area contributed by atoms with Crippen LogP contribution in [-0.4, -0.2) is 73.5 Å². The number of β-amino-alcohol motifs (C(OH)–C–C–N with tert-alkyl or cyclic N) is 1. The molecule has 0 unspecified atom stereocenters. The van der Waals surface area contributed by atoms with E-state index in [1.54, 1.807) is 0 Å². The van der Waals surface area contributed by atoms with Crippen LogP contribution in [0.25, 0.3) is 0 Å². The van der Waals surface area contributed by atoms with E-state index < -0.39 is 0 Å². The highest BCUT2D eigenvalue weighted by molar-refractivity contribution is 4.98. The zero-order chi connectivity index (χ0) is 12.8. The third-order valence-corrected chi connectivity index (χ3v) is 3.87. The lowest BCUT2D eigenvalue weighted by atomic mass is 10.0. The highest BCUT2D eigenvalue weighted by Gasteiger charge is 2.19. The Hall–Kier alpha value is -0.420. The van der Waals surface area contributed by atoms with Crippen LogP contribution in [0.5, 0.6) is 0 Å². The molecular weight excluding hydrogens is 228 g/mol. The van der Waals surface area contributed by atoms with Gasteiger partial charge >= 0.3 is 0 Å². The average molecular weight is 254 g/mol. The van der Waals surface area contributed by atoms with Crippen LogP contribution in [0.3, 0.4) is 0 Å². The summed E-state index contributed by atoms with van der Waals surface area (Å²) in [4.78, 5) is 4.57.